The van der Waals surface area contributed by atoms with Crippen LogP contribution in [-0.2, 0) is 10.2 Å². The molecule has 4 heteroatoms. The largest absolute Gasteiger partial charge is 0.492 e. The van der Waals surface area contributed by atoms with E-state index in [1.165, 1.54) is 12.8 Å². The molecule has 0 amide bonds. The Morgan fingerprint density at radius 3 is 2.62 bits per heavy atom. The Morgan fingerprint density at radius 1 is 1.29 bits per heavy atom. The third-order valence-corrected chi connectivity index (χ3v) is 5.43. The van der Waals surface area contributed by atoms with Crippen molar-refractivity contribution in [2.45, 2.75) is 50.4 Å². The van der Waals surface area contributed by atoms with Gasteiger partial charge in [-0.05, 0) is 65.2 Å². The lowest BCUT2D eigenvalue weighted by Crippen LogP contribution is -2.37. The standard InChI is InChI=1S/C17H21BrO3/c18-14-7-6-13(10-15(14)21-11-12-4-5-12)17(16(19)20)8-2-1-3-9-17/h6-7,10,12H,1-5,8-9,11H2,(H,19,20). The highest BCUT2D eigenvalue weighted by Gasteiger charge is 2.41. The van der Waals surface area contributed by atoms with Crippen LogP contribution in [0.15, 0.2) is 22.7 Å². The van der Waals surface area contributed by atoms with E-state index in [2.05, 4.69) is 15.9 Å². The molecule has 0 atom stereocenters. The van der Waals surface area contributed by atoms with Crippen LogP contribution in [0, 0.1) is 5.92 Å². The number of benzene rings is 1. The van der Waals surface area contributed by atoms with Crippen LogP contribution in [0.5, 0.6) is 5.75 Å². The summed E-state index contributed by atoms with van der Waals surface area (Å²) in [7, 11) is 0. The lowest BCUT2D eigenvalue weighted by Gasteiger charge is -2.34. The first-order chi connectivity index (χ1) is 10.1. The number of ether oxygens (including phenoxy) is 1. The fourth-order valence-electron chi connectivity index (χ4n) is 3.19. The van der Waals surface area contributed by atoms with E-state index in [0.29, 0.717) is 5.92 Å². The number of hydrogen-bond donors (Lipinski definition) is 1. The summed E-state index contributed by atoms with van der Waals surface area (Å²) in [5.41, 5.74) is 0.167. The van der Waals surface area contributed by atoms with Crippen molar-refractivity contribution < 1.29 is 14.6 Å². The fraction of sp³-hybridized carbons (Fsp3) is 0.588. The molecule has 0 heterocycles. The van der Waals surface area contributed by atoms with Gasteiger partial charge in [0, 0.05) is 0 Å². The van der Waals surface area contributed by atoms with Gasteiger partial charge in [-0.3, -0.25) is 4.79 Å². The molecule has 3 nitrogen and oxygen atoms in total. The van der Waals surface area contributed by atoms with Crippen LogP contribution in [0.25, 0.3) is 0 Å². The van der Waals surface area contributed by atoms with Gasteiger partial charge in [-0.15, -0.1) is 0 Å². The molecule has 2 saturated carbocycles. The first-order valence-electron chi connectivity index (χ1n) is 7.78. The minimum Gasteiger partial charge on any atom is -0.492 e. The molecule has 1 N–H and O–H groups in total. The normalized spacial score (nSPS) is 21.0. The summed E-state index contributed by atoms with van der Waals surface area (Å²) < 4.78 is 6.78. The van der Waals surface area contributed by atoms with Gasteiger partial charge >= 0.3 is 5.97 Å². The van der Waals surface area contributed by atoms with E-state index >= 15 is 0 Å². The molecule has 0 unspecified atom stereocenters. The second-order valence-corrected chi connectivity index (χ2v) is 7.20. The van der Waals surface area contributed by atoms with Crippen LogP contribution in [-0.4, -0.2) is 17.7 Å². The Bertz CT molecular complexity index is 531. The number of halogens is 1. The summed E-state index contributed by atoms with van der Waals surface area (Å²) in [6, 6.07) is 5.80. The van der Waals surface area contributed by atoms with Gasteiger partial charge in [0.15, 0.2) is 0 Å². The molecule has 0 radical (unpaired) electrons. The maximum atomic E-state index is 11.9. The van der Waals surface area contributed by atoms with Crippen molar-refractivity contribution in [2.75, 3.05) is 6.61 Å². The summed E-state index contributed by atoms with van der Waals surface area (Å²) >= 11 is 3.51. The van der Waals surface area contributed by atoms with Gasteiger partial charge < -0.3 is 9.84 Å². The van der Waals surface area contributed by atoms with E-state index in [-0.39, 0.29) is 0 Å². The smallest absolute Gasteiger partial charge is 0.314 e. The van der Waals surface area contributed by atoms with E-state index < -0.39 is 11.4 Å². The molecule has 21 heavy (non-hydrogen) atoms. The van der Waals surface area contributed by atoms with Crippen molar-refractivity contribution in [3.63, 3.8) is 0 Å². The zero-order chi connectivity index (χ0) is 14.9. The zero-order valence-electron chi connectivity index (χ0n) is 12.1. The average molecular weight is 353 g/mol. The molecule has 2 fully saturated rings. The van der Waals surface area contributed by atoms with Gasteiger partial charge in [0.05, 0.1) is 16.5 Å². The van der Waals surface area contributed by atoms with Crippen LogP contribution in [0.2, 0.25) is 0 Å². The zero-order valence-corrected chi connectivity index (χ0v) is 13.7. The van der Waals surface area contributed by atoms with Gasteiger partial charge in [0.1, 0.15) is 5.75 Å². The predicted molar refractivity (Wildman–Crippen MR) is 84.8 cm³/mol. The molecule has 2 aliphatic carbocycles. The van der Waals surface area contributed by atoms with Crippen molar-refractivity contribution in [3.8, 4) is 5.75 Å². The highest BCUT2D eigenvalue weighted by Crippen LogP contribution is 2.42. The van der Waals surface area contributed by atoms with Gasteiger partial charge in [-0.25, -0.2) is 0 Å². The number of carbonyl (C=O) groups is 1. The average Bonchev–Trinajstić information content (AvgIpc) is 3.31. The summed E-state index contributed by atoms with van der Waals surface area (Å²) in [5, 5.41) is 9.78. The second kappa shape index (κ2) is 5.99. The predicted octanol–water partition coefficient (Wildman–Crippen LogP) is 4.52. The second-order valence-electron chi connectivity index (χ2n) is 6.35. The Balaban J connectivity index is 1.88. The van der Waals surface area contributed by atoms with Gasteiger partial charge in [-0.2, -0.15) is 0 Å². The third kappa shape index (κ3) is 3.10. The van der Waals surface area contributed by atoms with Gasteiger partial charge in [0.25, 0.3) is 0 Å². The maximum absolute atomic E-state index is 11.9. The molecule has 1 aromatic carbocycles. The van der Waals surface area contributed by atoms with Crippen molar-refractivity contribution in [1.82, 2.24) is 0 Å². The molecule has 0 spiro atoms. The number of hydrogen-bond acceptors (Lipinski definition) is 2. The van der Waals surface area contributed by atoms with E-state index in [0.717, 1.165) is 54.5 Å². The molecule has 3 rings (SSSR count). The molecule has 0 aromatic heterocycles. The lowest BCUT2D eigenvalue weighted by molar-refractivity contribution is -0.145. The fourth-order valence-corrected chi connectivity index (χ4v) is 3.55. The topological polar surface area (TPSA) is 46.5 Å². The molecule has 2 aliphatic rings. The third-order valence-electron chi connectivity index (χ3n) is 4.77. The van der Waals surface area contributed by atoms with E-state index in [1.54, 1.807) is 0 Å². The van der Waals surface area contributed by atoms with E-state index in [9.17, 15) is 9.90 Å². The number of carboxylic acid groups (broad SMARTS) is 1. The van der Waals surface area contributed by atoms with Crippen molar-refractivity contribution in [2.24, 2.45) is 5.92 Å². The van der Waals surface area contributed by atoms with E-state index in [1.807, 2.05) is 18.2 Å². The summed E-state index contributed by atoms with van der Waals surface area (Å²) in [6.07, 6.45) is 7.06. The Morgan fingerprint density at radius 2 is 2.00 bits per heavy atom. The molecule has 1 aromatic rings. The van der Waals surface area contributed by atoms with Gasteiger partial charge in [0.2, 0.25) is 0 Å². The van der Waals surface area contributed by atoms with Gasteiger partial charge in [-0.1, -0.05) is 25.3 Å². The lowest BCUT2D eigenvalue weighted by atomic mass is 9.69. The quantitative estimate of drug-likeness (QED) is 0.846. The van der Waals surface area contributed by atoms with Crippen LogP contribution in [0.3, 0.4) is 0 Å². The van der Waals surface area contributed by atoms with Crippen LogP contribution in [0.1, 0.15) is 50.5 Å². The molecular weight excluding hydrogens is 332 g/mol. The highest BCUT2D eigenvalue weighted by molar-refractivity contribution is 9.10. The Labute approximate surface area is 133 Å². The van der Waals surface area contributed by atoms with E-state index in [4.69, 9.17) is 4.74 Å². The summed E-state index contributed by atoms with van der Waals surface area (Å²) in [5.74, 6) is 0.770. The Kier molecular flexibility index (Phi) is 4.25. The van der Waals surface area contributed by atoms with Crippen LogP contribution < -0.4 is 4.74 Å². The SMILES string of the molecule is O=C(O)C1(c2ccc(Br)c(OCC3CC3)c2)CCCCC1. The molecule has 0 saturated heterocycles. The maximum Gasteiger partial charge on any atom is 0.314 e. The summed E-state index contributed by atoms with van der Waals surface area (Å²) in [4.78, 5) is 11.9. The molecule has 0 aliphatic heterocycles. The van der Waals surface area contributed by atoms with Crippen molar-refractivity contribution in [3.05, 3.63) is 28.2 Å². The highest BCUT2D eigenvalue weighted by atomic mass is 79.9. The summed E-state index contributed by atoms with van der Waals surface area (Å²) in [6.45, 7) is 0.738. The number of carboxylic acids is 1. The van der Waals surface area contributed by atoms with Crippen LogP contribution >= 0.6 is 15.9 Å². The minimum absolute atomic E-state index is 0.684. The first-order valence-corrected chi connectivity index (χ1v) is 8.57. The molecular formula is C17H21BrO3. The minimum atomic E-state index is -0.726. The van der Waals surface area contributed by atoms with Crippen molar-refractivity contribution >= 4 is 21.9 Å². The number of rotatable bonds is 5. The first kappa shape index (κ1) is 14.9. The van der Waals surface area contributed by atoms with Crippen LogP contribution in [0.4, 0.5) is 0 Å². The number of aliphatic carboxylic acids is 1. The molecule has 0 bridgehead atoms. The van der Waals surface area contributed by atoms with Crippen molar-refractivity contribution in [1.29, 1.82) is 0 Å². The molecule has 114 valence electrons. The Hall–Kier alpha value is -1.03. The monoisotopic (exact) mass is 352 g/mol.